The van der Waals surface area contributed by atoms with Gasteiger partial charge >= 0.3 is 0 Å². The number of nitrogens with zero attached hydrogens (tertiary/aromatic N) is 7. The Hall–Kier alpha value is -3.01. The second-order valence-electron chi connectivity index (χ2n) is 10.7. The highest BCUT2D eigenvalue weighted by Gasteiger charge is 2.35. The van der Waals surface area contributed by atoms with Gasteiger partial charge in [0.05, 0.1) is 16.7 Å². The van der Waals surface area contributed by atoms with Crippen LogP contribution in [0.3, 0.4) is 0 Å². The molecule has 2 aliphatic rings. The molecule has 10 heteroatoms. The number of hydrogen-bond donors (Lipinski definition) is 0. The fourth-order valence-electron chi connectivity index (χ4n) is 6.05. The summed E-state index contributed by atoms with van der Waals surface area (Å²) in [5, 5.41) is 5.39. The molecule has 200 valence electrons. The quantitative estimate of drug-likeness (QED) is 0.375. The van der Waals surface area contributed by atoms with Crippen LogP contribution in [-0.4, -0.2) is 61.0 Å². The molecular formula is C28H34ClN7O2. The monoisotopic (exact) mass is 535 g/mol. The lowest BCUT2D eigenvalue weighted by molar-refractivity contribution is -0.0388. The van der Waals surface area contributed by atoms with Crippen LogP contribution in [0, 0.1) is 0 Å². The summed E-state index contributed by atoms with van der Waals surface area (Å²) in [4.78, 5) is 26.8. The van der Waals surface area contributed by atoms with Gasteiger partial charge in [-0.3, -0.25) is 19.7 Å². The van der Waals surface area contributed by atoms with Gasteiger partial charge in [0, 0.05) is 63.3 Å². The molecule has 1 unspecified atom stereocenters. The molecule has 0 aliphatic carbocycles. The van der Waals surface area contributed by atoms with Gasteiger partial charge in [0.1, 0.15) is 11.0 Å². The third kappa shape index (κ3) is 4.26. The van der Waals surface area contributed by atoms with Crippen molar-refractivity contribution in [2.45, 2.75) is 64.4 Å². The highest BCUT2D eigenvalue weighted by atomic mass is 35.5. The number of pyridine rings is 1. The Morgan fingerprint density at radius 1 is 1.05 bits per heavy atom. The number of benzene rings is 1. The predicted octanol–water partition coefficient (Wildman–Crippen LogP) is 4.69. The van der Waals surface area contributed by atoms with Gasteiger partial charge in [-0.15, -0.1) is 0 Å². The van der Waals surface area contributed by atoms with E-state index in [1.807, 2.05) is 6.07 Å². The van der Waals surface area contributed by atoms with Gasteiger partial charge in [-0.25, -0.2) is 4.68 Å². The Bertz CT molecular complexity index is 1540. The smallest absolute Gasteiger partial charge is 0.253 e. The Balaban J connectivity index is 1.32. The number of aryl methyl sites for hydroxylation is 1. The average Bonchev–Trinajstić information content (AvgIpc) is 3.29. The van der Waals surface area contributed by atoms with E-state index >= 15 is 0 Å². The summed E-state index contributed by atoms with van der Waals surface area (Å²) in [6, 6.07) is 8.67. The topological polar surface area (TPSA) is 81.3 Å². The van der Waals surface area contributed by atoms with Crippen LogP contribution in [0.2, 0.25) is 5.15 Å². The van der Waals surface area contributed by atoms with Crippen molar-refractivity contribution >= 4 is 39.4 Å². The zero-order valence-corrected chi connectivity index (χ0v) is 23.1. The SMILES string of the molecule is C[C@@H]1CN(c2cc(=O)n(C)c3c(Cl)n(C4CCCCO4)nc23)[C@@H](C)CN1[C@@H](C)c1ccc2nccnc2c1. The Morgan fingerprint density at radius 3 is 2.61 bits per heavy atom. The summed E-state index contributed by atoms with van der Waals surface area (Å²) >= 11 is 6.84. The molecule has 0 amide bonds. The molecule has 38 heavy (non-hydrogen) atoms. The summed E-state index contributed by atoms with van der Waals surface area (Å²) in [5.41, 5.74) is 5.20. The van der Waals surface area contributed by atoms with E-state index in [0.717, 1.165) is 54.6 Å². The maximum Gasteiger partial charge on any atom is 0.253 e. The van der Waals surface area contributed by atoms with Crippen LogP contribution in [0.25, 0.3) is 22.1 Å². The van der Waals surface area contributed by atoms with Crippen LogP contribution in [0.15, 0.2) is 41.5 Å². The molecule has 2 aliphatic heterocycles. The van der Waals surface area contributed by atoms with Crippen molar-refractivity contribution in [1.29, 1.82) is 0 Å². The first kappa shape index (κ1) is 25.3. The zero-order valence-electron chi connectivity index (χ0n) is 22.3. The molecule has 0 saturated carbocycles. The van der Waals surface area contributed by atoms with E-state index in [9.17, 15) is 4.79 Å². The second-order valence-corrected chi connectivity index (χ2v) is 11.1. The molecule has 4 aromatic rings. The van der Waals surface area contributed by atoms with Crippen molar-refractivity contribution in [3.8, 4) is 0 Å². The Morgan fingerprint density at radius 2 is 1.84 bits per heavy atom. The van der Waals surface area contributed by atoms with Crippen LogP contribution >= 0.6 is 11.6 Å². The van der Waals surface area contributed by atoms with Gasteiger partial charge in [-0.05, 0) is 57.7 Å². The Kier molecular flexibility index (Phi) is 6.62. The maximum atomic E-state index is 13.1. The third-order valence-electron chi connectivity index (χ3n) is 8.24. The fourth-order valence-corrected chi connectivity index (χ4v) is 6.42. The lowest BCUT2D eigenvalue weighted by Crippen LogP contribution is -2.57. The molecule has 0 bridgehead atoms. The van der Waals surface area contributed by atoms with Crippen molar-refractivity contribution in [2.24, 2.45) is 7.05 Å². The summed E-state index contributed by atoms with van der Waals surface area (Å²) in [5.74, 6) is 0. The number of rotatable bonds is 4. The van der Waals surface area contributed by atoms with Crippen LogP contribution in [-0.2, 0) is 11.8 Å². The van der Waals surface area contributed by atoms with E-state index in [4.69, 9.17) is 21.4 Å². The number of anilines is 1. The minimum absolute atomic E-state index is 0.0913. The Labute approximate surface area is 227 Å². The number of ether oxygens (including phenoxy) is 1. The number of halogens is 1. The van der Waals surface area contributed by atoms with Gasteiger partial charge in [0.15, 0.2) is 11.4 Å². The lowest BCUT2D eigenvalue weighted by atomic mass is 10.00. The van der Waals surface area contributed by atoms with Crippen LogP contribution in [0.1, 0.15) is 57.9 Å². The van der Waals surface area contributed by atoms with Gasteiger partial charge in [-0.2, -0.15) is 5.10 Å². The second kappa shape index (κ2) is 9.94. The molecule has 0 radical (unpaired) electrons. The van der Waals surface area contributed by atoms with Crippen LogP contribution in [0.4, 0.5) is 5.69 Å². The first-order chi connectivity index (χ1) is 18.3. The molecule has 6 rings (SSSR count). The van der Waals surface area contributed by atoms with E-state index in [-0.39, 0.29) is 29.9 Å². The first-order valence-electron chi connectivity index (χ1n) is 13.5. The highest BCUT2D eigenvalue weighted by Crippen LogP contribution is 2.37. The van der Waals surface area contributed by atoms with E-state index < -0.39 is 0 Å². The van der Waals surface area contributed by atoms with E-state index in [2.05, 4.69) is 52.7 Å². The van der Waals surface area contributed by atoms with Gasteiger partial charge < -0.3 is 14.2 Å². The molecule has 5 heterocycles. The fraction of sp³-hybridized carbons (Fsp3) is 0.500. The predicted molar refractivity (Wildman–Crippen MR) is 150 cm³/mol. The number of piperazine rings is 1. The molecule has 4 atom stereocenters. The van der Waals surface area contributed by atoms with Crippen LogP contribution < -0.4 is 10.5 Å². The summed E-state index contributed by atoms with van der Waals surface area (Å²) in [6.45, 7) is 9.02. The summed E-state index contributed by atoms with van der Waals surface area (Å²) in [6.07, 6.45) is 6.23. The van der Waals surface area contributed by atoms with Crippen molar-refractivity contribution in [3.63, 3.8) is 0 Å². The normalized spacial score (nSPS) is 23.8. The molecule has 2 saturated heterocycles. The summed E-state index contributed by atoms with van der Waals surface area (Å²) < 4.78 is 9.34. The maximum absolute atomic E-state index is 13.1. The molecule has 2 fully saturated rings. The molecule has 9 nitrogen and oxygen atoms in total. The van der Waals surface area contributed by atoms with E-state index in [1.54, 1.807) is 34.8 Å². The van der Waals surface area contributed by atoms with E-state index in [1.165, 1.54) is 5.56 Å². The van der Waals surface area contributed by atoms with Crippen molar-refractivity contribution in [2.75, 3.05) is 24.6 Å². The third-order valence-corrected chi connectivity index (χ3v) is 8.59. The number of aromatic nitrogens is 5. The number of fused-ring (bicyclic) bond motifs is 2. The van der Waals surface area contributed by atoms with Crippen molar-refractivity contribution in [1.82, 2.24) is 29.2 Å². The lowest BCUT2D eigenvalue weighted by Gasteiger charge is -2.47. The minimum Gasteiger partial charge on any atom is -0.364 e. The molecular weight excluding hydrogens is 502 g/mol. The average molecular weight is 536 g/mol. The largest absolute Gasteiger partial charge is 0.364 e. The van der Waals surface area contributed by atoms with Gasteiger partial charge in [0.25, 0.3) is 5.56 Å². The molecule has 1 aromatic carbocycles. The van der Waals surface area contributed by atoms with E-state index in [0.29, 0.717) is 17.3 Å². The molecule has 0 N–H and O–H groups in total. The van der Waals surface area contributed by atoms with Crippen molar-refractivity contribution < 1.29 is 4.74 Å². The van der Waals surface area contributed by atoms with Gasteiger partial charge in [-0.1, -0.05) is 17.7 Å². The minimum atomic E-state index is -0.202. The standard InChI is InChI=1S/C28H34ClN7O2/c1-17-16-35(18(2)15-34(17)19(3)20-8-9-21-22(13-20)31-11-10-30-21)23-14-24(37)33(4)27-26(23)32-36(28(27)29)25-7-5-6-12-38-25/h8-11,13-14,17-19,25H,5-7,12,15-16H2,1-4H3/t17-,18+,19+,25?/m1/s1. The zero-order chi connectivity index (χ0) is 26.6. The molecule has 3 aromatic heterocycles. The molecule has 0 spiro atoms. The highest BCUT2D eigenvalue weighted by molar-refractivity contribution is 6.34. The number of hydrogen-bond acceptors (Lipinski definition) is 7. The first-order valence-corrected chi connectivity index (χ1v) is 13.8. The van der Waals surface area contributed by atoms with Gasteiger partial charge in [0.2, 0.25) is 0 Å². The van der Waals surface area contributed by atoms with Crippen LogP contribution in [0.5, 0.6) is 0 Å². The van der Waals surface area contributed by atoms with Crippen molar-refractivity contribution in [3.05, 3.63) is 57.7 Å². The summed E-state index contributed by atoms with van der Waals surface area (Å²) in [7, 11) is 1.76.